The molecule has 1 atom stereocenters. The quantitative estimate of drug-likeness (QED) is 0.755. The van der Waals surface area contributed by atoms with Gasteiger partial charge in [-0.1, -0.05) is 30.3 Å². The summed E-state index contributed by atoms with van der Waals surface area (Å²) < 4.78 is 11.2. The van der Waals surface area contributed by atoms with Crippen LogP contribution in [-0.4, -0.2) is 42.7 Å². The van der Waals surface area contributed by atoms with E-state index in [0.717, 1.165) is 27.6 Å². The van der Waals surface area contributed by atoms with Gasteiger partial charge >= 0.3 is 0 Å². The van der Waals surface area contributed by atoms with Crippen LogP contribution >= 0.6 is 0 Å². The standard InChI is InChI=1S/C23H23NO4/c1-27-21-8-7-17-12-19(6-5-18(17)13-21)22-14-24(9-10-28-22)23(26)20-4-2-3-16(11-20)15-25/h2-8,11-13,22,25H,9-10,14-15H2,1H3. The zero-order chi connectivity index (χ0) is 19.5. The zero-order valence-corrected chi connectivity index (χ0v) is 15.8. The molecule has 28 heavy (non-hydrogen) atoms. The second-order valence-corrected chi connectivity index (χ2v) is 6.94. The van der Waals surface area contributed by atoms with Crippen LogP contribution in [0.15, 0.2) is 60.7 Å². The molecule has 0 radical (unpaired) electrons. The number of nitrogens with zero attached hydrogens (tertiary/aromatic N) is 1. The number of fused-ring (bicyclic) bond motifs is 1. The van der Waals surface area contributed by atoms with Crippen LogP contribution in [0.1, 0.15) is 27.6 Å². The Morgan fingerprint density at radius 3 is 2.79 bits per heavy atom. The highest BCUT2D eigenvalue weighted by molar-refractivity contribution is 5.94. The maximum Gasteiger partial charge on any atom is 0.254 e. The maximum absolute atomic E-state index is 12.9. The van der Waals surface area contributed by atoms with Gasteiger partial charge in [0.2, 0.25) is 0 Å². The van der Waals surface area contributed by atoms with Crippen molar-refractivity contribution in [1.29, 1.82) is 0 Å². The SMILES string of the molecule is COc1ccc2cc(C3CN(C(=O)c4cccc(CO)c4)CCO3)ccc2c1. The van der Waals surface area contributed by atoms with E-state index < -0.39 is 0 Å². The first-order valence-electron chi connectivity index (χ1n) is 9.36. The molecule has 0 bridgehead atoms. The lowest BCUT2D eigenvalue weighted by Gasteiger charge is -2.33. The minimum Gasteiger partial charge on any atom is -0.497 e. The molecule has 0 aliphatic carbocycles. The number of methoxy groups -OCH3 is 1. The first-order chi connectivity index (χ1) is 13.7. The predicted molar refractivity (Wildman–Crippen MR) is 107 cm³/mol. The van der Waals surface area contributed by atoms with Crippen molar-refractivity contribution in [2.24, 2.45) is 0 Å². The average molecular weight is 377 g/mol. The fourth-order valence-corrected chi connectivity index (χ4v) is 3.59. The van der Waals surface area contributed by atoms with Gasteiger partial charge in [-0.2, -0.15) is 0 Å². The van der Waals surface area contributed by atoms with Gasteiger partial charge in [0.25, 0.3) is 5.91 Å². The summed E-state index contributed by atoms with van der Waals surface area (Å²) in [6.45, 7) is 1.48. The van der Waals surface area contributed by atoms with Gasteiger partial charge in [-0.15, -0.1) is 0 Å². The van der Waals surface area contributed by atoms with E-state index in [9.17, 15) is 9.90 Å². The fourth-order valence-electron chi connectivity index (χ4n) is 3.59. The zero-order valence-electron chi connectivity index (χ0n) is 15.8. The number of morpholine rings is 1. The highest BCUT2D eigenvalue weighted by Crippen LogP contribution is 2.28. The molecule has 3 aromatic carbocycles. The third-order valence-corrected chi connectivity index (χ3v) is 5.15. The van der Waals surface area contributed by atoms with Crippen molar-refractivity contribution in [3.8, 4) is 5.75 Å². The molecular formula is C23H23NO4. The summed E-state index contributed by atoms with van der Waals surface area (Å²) in [5.41, 5.74) is 2.39. The summed E-state index contributed by atoms with van der Waals surface area (Å²) >= 11 is 0. The van der Waals surface area contributed by atoms with Gasteiger partial charge in [0.1, 0.15) is 11.9 Å². The van der Waals surface area contributed by atoms with E-state index in [0.29, 0.717) is 25.3 Å². The van der Waals surface area contributed by atoms with Gasteiger partial charge in [0.05, 0.1) is 26.9 Å². The van der Waals surface area contributed by atoms with E-state index in [1.165, 1.54) is 0 Å². The highest BCUT2D eigenvalue weighted by Gasteiger charge is 2.26. The number of hydrogen-bond acceptors (Lipinski definition) is 4. The minimum absolute atomic E-state index is 0.0332. The highest BCUT2D eigenvalue weighted by atomic mass is 16.5. The first-order valence-corrected chi connectivity index (χ1v) is 9.36. The molecule has 1 saturated heterocycles. The number of aliphatic hydroxyl groups is 1. The van der Waals surface area contributed by atoms with Crippen molar-refractivity contribution < 1.29 is 19.4 Å². The Kier molecular flexibility index (Phi) is 5.28. The Hall–Kier alpha value is -2.89. The Morgan fingerprint density at radius 1 is 1.14 bits per heavy atom. The first kappa shape index (κ1) is 18.5. The molecule has 0 aromatic heterocycles. The molecule has 1 heterocycles. The molecule has 1 N–H and O–H groups in total. The Labute approximate surface area is 164 Å². The van der Waals surface area contributed by atoms with Gasteiger partial charge in [0, 0.05) is 12.1 Å². The second-order valence-electron chi connectivity index (χ2n) is 6.94. The molecule has 1 unspecified atom stereocenters. The topological polar surface area (TPSA) is 59.0 Å². The lowest BCUT2D eigenvalue weighted by Crippen LogP contribution is -2.42. The van der Waals surface area contributed by atoms with E-state index in [-0.39, 0.29) is 18.6 Å². The number of ether oxygens (including phenoxy) is 2. The monoisotopic (exact) mass is 377 g/mol. The number of aliphatic hydroxyl groups excluding tert-OH is 1. The van der Waals surface area contributed by atoms with E-state index >= 15 is 0 Å². The molecule has 1 fully saturated rings. The van der Waals surface area contributed by atoms with Crippen molar-refractivity contribution in [1.82, 2.24) is 4.90 Å². The van der Waals surface area contributed by atoms with Gasteiger partial charge in [0.15, 0.2) is 0 Å². The summed E-state index contributed by atoms with van der Waals surface area (Å²) in [6.07, 6.45) is -0.162. The number of benzene rings is 3. The van der Waals surface area contributed by atoms with Crippen molar-refractivity contribution in [3.63, 3.8) is 0 Å². The summed E-state index contributed by atoms with van der Waals surface area (Å²) in [7, 11) is 1.66. The Bertz CT molecular complexity index is 1000. The van der Waals surface area contributed by atoms with Crippen molar-refractivity contribution in [2.45, 2.75) is 12.7 Å². The molecule has 1 aliphatic rings. The summed E-state index contributed by atoms with van der Waals surface area (Å²) in [4.78, 5) is 14.7. The number of rotatable bonds is 4. The van der Waals surface area contributed by atoms with Crippen LogP contribution in [-0.2, 0) is 11.3 Å². The average Bonchev–Trinajstić information content (AvgIpc) is 2.78. The largest absolute Gasteiger partial charge is 0.497 e. The fraction of sp³-hybridized carbons (Fsp3) is 0.261. The van der Waals surface area contributed by atoms with Crippen LogP contribution in [0.4, 0.5) is 0 Å². The lowest BCUT2D eigenvalue weighted by molar-refractivity contribution is -0.0227. The molecule has 144 valence electrons. The van der Waals surface area contributed by atoms with Crippen LogP contribution in [0.2, 0.25) is 0 Å². The van der Waals surface area contributed by atoms with Crippen LogP contribution in [0.3, 0.4) is 0 Å². The molecule has 3 aromatic rings. The number of hydrogen-bond donors (Lipinski definition) is 1. The van der Waals surface area contributed by atoms with E-state index in [4.69, 9.17) is 9.47 Å². The van der Waals surface area contributed by atoms with E-state index in [2.05, 4.69) is 12.1 Å². The minimum atomic E-state index is -0.162. The van der Waals surface area contributed by atoms with Gasteiger partial charge in [-0.3, -0.25) is 4.79 Å². The van der Waals surface area contributed by atoms with Crippen LogP contribution in [0.5, 0.6) is 5.75 Å². The molecule has 4 rings (SSSR count). The third kappa shape index (κ3) is 3.72. The normalized spacial score (nSPS) is 16.9. The molecule has 0 spiro atoms. The van der Waals surface area contributed by atoms with Crippen molar-refractivity contribution in [3.05, 3.63) is 77.4 Å². The van der Waals surface area contributed by atoms with Crippen LogP contribution in [0, 0.1) is 0 Å². The lowest BCUT2D eigenvalue weighted by atomic mass is 10.0. The number of amides is 1. The van der Waals surface area contributed by atoms with Crippen LogP contribution < -0.4 is 4.74 Å². The molecular weight excluding hydrogens is 354 g/mol. The molecule has 1 amide bonds. The molecule has 1 aliphatic heterocycles. The summed E-state index contributed by atoms with van der Waals surface area (Å²) in [5, 5.41) is 11.5. The smallest absolute Gasteiger partial charge is 0.254 e. The Balaban J connectivity index is 1.54. The van der Waals surface area contributed by atoms with Crippen LogP contribution in [0.25, 0.3) is 10.8 Å². The van der Waals surface area contributed by atoms with E-state index in [1.54, 1.807) is 25.3 Å². The molecule has 5 heteroatoms. The van der Waals surface area contributed by atoms with Crippen molar-refractivity contribution in [2.75, 3.05) is 26.8 Å². The van der Waals surface area contributed by atoms with Gasteiger partial charge < -0.3 is 19.5 Å². The van der Waals surface area contributed by atoms with Gasteiger partial charge in [-0.25, -0.2) is 0 Å². The summed E-state index contributed by atoms with van der Waals surface area (Å²) in [6, 6.07) is 19.3. The van der Waals surface area contributed by atoms with Crippen molar-refractivity contribution >= 4 is 16.7 Å². The predicted octanol–water partition coefficient (Wildman–Crippen LogP) is 3.55. The number of carbonyl (C=O) groups excluding carboxylic acids is 1. The molecule has 0 saturated carbocycles. The maximum atomic E-state index is 12.9. The number of carbonyl (C=O) groups is 1. The van der Waals surface area contributed by atoms with E-state index in [1.807, 2.05) is 35.2 Å². The second kappa shape index (κ2) is 8.00. The Morgan fingerprint density at radius 2 is 1.96 bits per heavy atom. The summed E-state index contributed by atoms with van der Waals surface area (Å²) in [5.74, 6) is 0.796. The van der Waals surface area contributed by atoms with Gasteiger partial charge in [-0.05, 0) is 52.2 Å². The molecule has 5 nitrogen and oxygen atoms in total. The third-order valence-electron chi connectivity index (χ3n) is 5.15.